The molecule has 0 aliphatic heterocycles. The fourth-order valence-electron chi connectivity index (χ4n) is 4.05. The van der Waals surface area contributed by atoms with Gasteiger partial charge in [-0.25, -0.2) is 0 Å². The van der Waals surface area contributed by atoms with Gasteiger partial charge in [-0.05, 0) is 34.0 Å². The predicted octanol–water partition coefficient (Wildman–Crippen LogP) is 4.66. The van der Waals surface area contributed by atoms with E-state index < -0.39 is 8.32 Å². The molecule has 0 bridgehead atoms. The number of rotatable bonds is 6. The minimum atomic E-state index is -2.39. The number of thiol groups is 1. The van der Waals surface area contributed by atoms with Crippen LogP contribution in [0.2, 0.25) is 5.04 Å². The fraction of sp³-hybridized carbons (Fsp3) is 0.455. The molecule has 0 amide bonds. The van der Waals surface area contributed by atoms with Crippen LogP contribution in [0.25, 0.3) is 0 Å². The largest absolute Gasteiger partial charge is 0.407 e. The second-order valence-corrected chi connectivity index (χ2v) is 13.1. The van der Waals surface area contributed by atoms with Crippen LogP contribution in [0, 0.1) is 5.41 Å². The van der Waals surface area contributed by atoms with Gasteiger partial charge < -0.3 is 4.43 Å². The molecule has 0 saturated heterocycles. The first-order valence-corrected chi connectivity index (χ1v) is 11.8. The van der Waals surface area contributed by atoms with Gasteiger partial charge in [-0.3, -0.25) is 0 Å². The highest BCUT2D eigenvalue weighted by molar-refractivity contribution is 7.80. The van der Waals surface area contributed by atoms with Gasteiger partial charge in [-0.15, -0.1) is 0 Å². The van der Waals surface area contributed by atoms with Crippen molar-refractivity contribution in [1.82, 2.24) is 0 Å². The summed E-state index contributed by atoms with van der Waals surface area (Å²) in [5.41, 5.74) is 0.274. The highest BCUT2D eigenvalue weighted by Gasteiger charge is 2.51. The van der Waals surface area contributed by atoms with E-state index >= 15 is 0 Å². The number of hydrogen-bond donors (Lipinski definition) is 1. The van der Waals surface area contributed by atoms with Crippen LogP contribution in [0.4, 0.5) is 0 Å². The second kappa shape index (κ2) is 7.30. The monoisotopic (exact) mass is 370 g/mol. The molecule has 0 heterocycles. The van der Waals surface area contributed by atoms with Gasteiger partial charge in [-0.2, -0.15) is 12.6 Å². The van der Waals surface area contributed by atoms with Crippen molar-refractivity contribution in [3.63, 3.8) is 0 Å². The molecule has 25 heavy (non-hydrogen) atoms. The molecule has 2 aromatic carbocycles. The van der Waals surface area contributed by atoms with Gasteiger partial charge >= 0.3 is 0 Å². The molecule has 0 atom stereocenters. The summed E-state index contributed by atoms with van der Waals surface area (Å²) >= 11 is 4.65. The molecular weight excluding hydrogens is 340 g/mol. The Bertz CT molecular complexity index is 629. The SMILES string of the molecule is CC(C)(C)[Si](OCC1(CS)CCC1)(c1ccccc1)c1ccccc1. The third kappa shape index (κ3) is 3.47. The first-order chi connectivity index (χ1) is 11.9. The lowest BCUT2D eigenvalue weighted by Gasteiger charge is -2.48. The molecule has 1 aliphatic rings. The van der Waals surface area contributed by atoms with Crippen LogP contribution in [0.1, 0.15) is 40.0 Å². The van der Waals surface area contributed by atoms with Crippen molar-refractivity contribution in [2.75, 3.05) is 12.4 Å². The topological polar surface area (TPSA) is 9.23 Å². The molecular formula is C22H30OSSi. The van der Waals surface area contributed by atoms with Crippen molar-refractivity contribution in [1.29, 1.82) is 0 Å². The Morgan fingerprint density at radius 2 is 1.40 bits per heavy atom. The van der Waals surface area contributed by atoms with Crippen LogP contribution in [-0.2, 0) is 4.43 Å². The third-order valence-electron chi connectivity index (χ3n) is 5.76. The molecule has 1 nitrogen and oxygen atoms in total. The zero-order valence-corrected chi connectivity index (χ0v) is 17.6. The molecule has 2 aromatic rings. The summed E-state index contributed by atoms with van der Waals surface area (Å²) in [5, 5.41) is 2.78. The van der Waals surface area contributed by atoms with Gasteiger partial charge in [0.1, 0.15) is 0 Å². The van der Waals surface area contributed by atoms with Gasteiger partial charge in [0.05, 0.1) is 0 Å². The lowest BCUT2D eigenvalue weighted by atomic mass is 9.71. The molecule has 0 radical (unpaired) electrons. The molecule has 0 spiro atoms. The average Bonchev–Trinajstić information content (AvgIpc) is 2.58. The van der Waals surface area contributed by atoms with E-state index in [0.717, 1.165) is 12.4 Å². The highest BCUT2D eigenvalue weighted by atomic mass is 32.1. The van der Waals surface area contributed by atoms with E-state index in [4.69, 9.17) is 4.43 Å². The summed E-state index contributed by atoms with van der Waals surface area (Å²) in [4.78, 5) is 0. The fourth-order valence-corrected chi connectivity index (χ4v) is 9.13. The molecule has 0 N–H and O–H groups in total. The van der Waals surface area contributed by atoms with Gasteiger partial charge in [0.2, 0.25) is 0 Å². The van der Waals surface area contributed by atoms with E-state index in [1.54, 1.807) is 0 Å². The van der Waals surface area contributed by atoms with Crippen molar-refractivity contribution in [2.45, 2.75) is 45.1 Å². The molecule has 1 fully saturated rings. The summed E-state index contributed by atoms with van der Waals surface area (Å²) in [6, 6.07) is 21.8. The van der Waals surface area contributed by atoms with Crippen molar-refractivity contribution < 1.29 is 4.43 Å². The van der Waals surface area contributed by atoms with Crippen molar-refractivity contribution in [3.8, 4) is 0 Å². The molecule has 134 valence electrons. The van der Waals surface area contributed by atoms with E-state index in [0.29, 0.717) is 0 Å². The summed E-state index contributed by atoms with van der Waals surface area (Å²) in [6.07, 6.45) is 3.80. The quantitative estimate of drug-likeness (QED) is 0.574. The standard InChI is InChI=1S/C22H30OSSi/c1-21(2,3)25(19-11-6-4-7-12-19,20-13-8-5-9-14-20)23-17-22(18-24)15-10-16-22/h4-9,11-14,24H,10,15-18H2,1-3H3. The minimum Gasteiger partial charge on any atom is -0.407 e. The first kappa shape index (κ1) is 18.7. The minimum absolute atomic E-state index is 0.0528. The Hall–Kier alpha value is -1.03. The molecule has 3 heteroatoms. The summed E-state index contributed by atoms with van der Waals surface area (Å²) in [5.74, 6) is 0.922. The van der Waals surface area contributed by atoms with E-state index in [9.17, 15) is 0 Å². The molecule has 0 unspecified atom stereocenters. The van der Waals surface area contributed by atoms with Crippen LogP contribution >= 0.6 is 12.6 Å². The lowest BCUT2D eigenvalue weighted by Crippen LogP contribution is -2.67. The Morgan fingerprint density at radius 3 is 1.72 bits per heavy atom. The van der Waals surface area contributed by atoms with Gasteiger partial charge in [0.15, 0.2) is 0 Å². The van der Waals surface area contributed by atoms with Crippen LogP contribution < -0.4 is 10.4 Å². The van der Waals surface area contributed by atoms with Crippen molar-refractivity contribution >= 4 is 31.3 Å². The van der Waals surface area contributed by atoms with E-state index in [-0.39, 0.29) is 10.5 Å². The molecule has 1 aliphatic carbocycles. The second-order valence-electron chi connectivity index (χ2n) is 8.46. The molecule has 0 aromatic heterocycles. The zero-order valence-electron chi connectivity index (χ0n) is 15.7. The van der Waals surface area contributed by atoms with Crippen LogP contribution in [0.3, 0.4) is 0 Å². The van der Waals surface area contributed by atoms with Crippen LogP contribution in [0.15, 0.2) is 60.7 Å². The van der Waals surface area contributed by atoms with Crippen LogP contribution in [-0.4, -0.2) is 20.7 Å². The Morgan fingerprint density at radius 1 is 0.920 bits per heavy atom. The Labute approximate surface area is 159 Å². The Kier molecular flexibility index (Phi) is 5.47. The summed E-state index contributed by atoms with van der Waals surface area (Å²) in [7, 11) is -2.39. The number of hydrogen-bond acceptors (Lipinski definition) is 2. The van der Waals surface area contributed by atoms with E-state index in [1.165, 1.54) is 29.6 Å². The summed E-state index contributed by atoms with van der Waals surface area (Å²) in [6.45, 7) is 7.85. The predicted molar refractivity (Wildman–Crippen MR) is 114 cm³/mol. The van der Waals surface area contributed by atoms with Gasteiger partial charge in [0.25, 0.3) is 8.32 Å². The molecule has 3 rings (SSSR count). The number of benzene rings is 2. The lowest BCUT2D eigenvalue weighted by molar-refractivity contribution is 0.0772. The first-order valence-electron chi connectivity index (χ1n) is 9.29. The van der Waals surface area contributed by atoms with Gasteiger partial charge in [0, 0.05) is 12.0 Å². The maximum Gasteiger partial charge on any atom is 0.261 e. The zero-order chi connectivity index (χ0) is 18.0. The van der Waals surface area contributed by atoms with Crippen LogP contribution in [0.5, 0.6) is 0 Å². The average molecular weight is 371 g/mol. The normalized spacial score (nSPS) is 17.1. The summed E-state index contributed by atoms with van der Waals surface area (Å²) < 4.78 is 7.05. The smallest absolute Gasteiger partial charge is 0.261 e. The van der Waals surface area contributed by atoms with E-state index in [1.807, 2.05) is 0 Å². The maximum atomic E-state index is 7.05. The highest BCUT2D eigenvalue weighted by Crippen LogP contribution is 2.44. The maximum absolute atomic E-state index is 7.05. The van der Waals surface area contributed by atoms with Gasteiger partial charge in [-0.1, -0.05) is 87.9 Å². The molecule has 1 saturated carbocycles. The van der Waals surface area contributed by atoms with Crippen molar-refractivity contribution in [2.24, 2.45) is 5.41 Å². The van der Waals surface area contributed by atoms with E-state index in [2.05, 4.69) is 94.1 Å². The van der Waals surface area contributed by atoms with Crippen molar-refractivity contribution in [3.05, 3.63) is 60.7 Å². The Balaban J connectivity index is 2.09. The third-order valence-corrected chi connectivity index (χ3v) is 11.4.